The van der Waals surface area contributed by atoms with Gasteiger partial charge in [-0.15, -0.1) is 0 Å². The van der Waals surface area contributed by atoms with E-state index in [-0.39, 0.29) is 18.2 Å². The first-order chi connectivity index (χ1) is 12.0. The Kier molecular flexibility index (Phi) is 4.94. The summed E-state index contributed by atoms with van der Waals surface area (Å²) in [6.45, 7) is 0.638. The molecule has 1 aliphatic rings. The Morgan fingerprint density at radius 1 is 1.48 bits per heavy atom. The molecule has 3 rings (SSSR count). The number of rotatable bonds is 5. The topological polar surface area (TPSA) is 75.9 Å². The van der Waals surface area contributed by atoms with Gasteiger partial charge in [-0.3, -0.25) is 9.59 Å². The Morgan fingerprint density at radius 2 is 2.28 bits per heavy atom. The summed E-state index contributed by atoms with van der Waals surface area (Å²) < 4.78 is 10.1. The third-order valence-corrected chi connectivity index (χ3v) is 4.48. The Labute approximate surface area is 150 Å². The molecule has 2 heterocycles. The van der Waals surface area contributed by atoms with E-state index in [1.807, 2.05) is 0 Å². The average molecular weight is 364 g/mol. The molecule has 132 valence electrons. The van der Waals surface area contributed by atoms with Crippen molar-refractivity contribution in [2.24, 2.45) is 5.92 Å². The van der Waals surface area contributed by atoms with Crippen LogP contribution < -0.4 is 9.64 Å². The van der Waals surface area contributed by atoms with E-state index in [0.717, 1.165) is 0 Å². The largest absolute Gasteiger partial charge is 0.495 e. The van der Waals surface area contributed by atoms with E-state index in [0.29, 0.717) is 35.3 Å². The zero-order valence-electron chi connectivity index (χ0n) is 13.9. The van der Waals surface area contributed by atoms with Gasteiger partial charge >= 0.3 is 0 Å². The summed E-state index contributed by atoms with van der Waals surface area (Å²) in [5.41, 5.74) is 0.656. The zero-order chi connectivity index (χ0) is 18.0. The number of carbonyl (C=O) groups excluding carboxylic acids is 2. The van der Waals surface area contributed by atoms with Crippen molar-refractivity contribution >= 4 is 29.1 Å². The lowest BCUT2D eigenvalue weighted by molar-refractivity contribution is -0.135. The molecule has 1 fully saturated rings. The van der Waals surface area contributed by atoms with Crippen LogP contribution in [0.5, 0.6) is 5.75 Å². The van der Waals surface area contributed by atoms with Crippen LogP contribution in [0.15, 0.2) is 35.0 Å². The second-order valence-electron chi connectivity index (χ2n) is 5.90. The number of hydrogen-bond donors (Lipinski definition) is 0. The van der Waals surface area contributed by atoms with E-state index >= 15 is 0 Å². The molecule has 1 atom stereocenters. The number of benzene rings is 1. The van der Waals surface area contributed by atoms with Crippen LogP contribution in [0, 0.1) is 5.92 Å². The number of hydrogen-bond acceptors (Lipinski definition) is 5. The molecule has 0 bridgehead atoms. The van der Waals surface area contributed by atoms with Crippen LogP contribution in [0.25, 0.3) is 0 Å². The molecule has 2 amide bonds. The van der Waals surface area contributed by atoms with Gasteiger partial charge in [-0.1, -0.05) is 16.8 Å². The maximum absolute atomic E-state index is 12.6. The molecule has 0 N–H and O–H groups in total. The van der Waals surface area contributed by atoms with Gasteiger partial charge in [0.15, 0.2) is 5.76 Å². The number of anilines is 1. The van der Waals surface area contributed by atoms with Crippen molar-refractivity contribution in [2.45, 2.75) is 13.0 Å². The smallest absolute Gasteiger partial charge is 0.228 e. The second kappa shape index (κ2) is 7.14. The molecular weight excluding hydrogens is 346 g/mol. The fourth-order valence-corrected chi connectivity index (χ4v) is 3.14. The van der Waals surface area contributed by atoms with Crippen LogP contribution >= 0.6 is 11.6 Å². The van der Waals surface area contributed by atoms with E-state index in [1.54, 1.807) is 41.1 Å². The minimum atomic E-state index is -0.402. The third kappa shape index (κ3) is 3.61. The van der Waals surface area contributed by atoms with E-state index in [1.165, 1.54) is 13.3 Å². The summed E-state index contributed by atoms with van der Waals surface area (Å²) in [6.07, 6.45) is 1.70. The Morgan fingerprint density at radius 3 is 2.92 bits per heavy atom. The lowest BCUT2D eigenvalue weighted by atomic mass is 10.1. The predicted molar refractivity (Wildman–Crippen MR) is 91.4 cm³/mol. The zero-order valence-corrected chi connectivity index (χ0v) is 14.7. The molecule has 1 aromatic carbocycles. The number of nitrogens with zero attached hydrogens (tertiary/aromatic N) is 3. The van der Waals surface area contributed by atoms with Crippen LogP contribution in [-0.2, 0) is 16.1 Å². The van der Waals surface area contributed by atoms with Gasteiger partial charge in [0.2, 0.25) is 11.8 Å². The molecule has 0 unspecified atom stereocenters. The summed E-state index contributed by atoms with van der Waals surface area (Å²) in [4.78, 5) is 28.1. The van der Waals surface area contributed by atoms with E-state index < -0.39 is 5.92 Å². The van der Waals surface area contributed by atoms with Crippen molar-refractivity contribution in [1.82, 2.24) is 10.1 Å². The summed E-state index contributed by atoms with van der Waals surface area (Å²) in [7, 11) is 3.21. The van der Waals surface area contributed by atoms with Gasteiger partial charge in [0.05, 0.1) is 30.8 Å². The van der Waals surface area contributed by atoms with Crippen molar-refractivity contribution in [1.29, 1.82) is 0 Å². The van der Waals surface area contributed by atoms with Gasteiger partial charge in [-0.25, -0.2) is 0 Å². The van der Waals surface area contributed by atoms with Crippen molar-refractivity contribution < 1.29 is 18.8 Å². The number of ether oxygens (including phenoxy) is 1. The number of aromatic nitrogens is 1. The summed E-state index contributed by atoms with van der Waals surface area (Å²) >= 11 is 6.13. The van der Waals surface area contributed by atoms with Crippen LogP contribution in [0.4, 0.5) is 5.69 Å². The molecule has 0 saturated carbocycles. The molecule has 8 heteroatoms. The van der Waals surface area contributed by atoms with Crippen molar-refractivity contribution in [3.8, 4) is 5.75 Å². The highest BCUT2D eigenvalue weighted by Crippen LogP contribution is 2.32. The van der Waals surface area contributed by atoms with Crippen molar-refractivity contribution in [3.63, 3.8) is 0 Å². The van der Waals surface area contributed by atoms with Crippen LogP contribution in [0.1, 0.15) is 12.2 Å². The van der Waals surface area contributed by atoms with E-state index in [4.69, 9.17) is 20.9 Å². The number of amides is 2. The fraction of sp³-hybridized carbons (Fsp3) is 0.353. The minimum Gasteiger partial charge on any atom is -0.495 e. The highest BCUT2D eigenvalue weighted by Gasteiger charge is 2.36. The first-order valence-corrected chi connectivity index (χ1v) is 8.16. The normalized spacial score (nSPS) is 17.0. The Balaban J connectivity index is 1.69. The monoisotopic (exact) mass is 363 g/mol. The SMILES string of the molecule is COc1ccc(N2C[C@@H](C(=O)N(C)Cc3ccno3)CC2=O)cc1Cl. The number of halogens is 1. The van der Waals surface area contributed by atoms with Crippen LogP contribution in [-0.4, -0.2) is 42.6 Å². The highest BCUT2D eigenvalue weighted by atomic mass is 35.5. The summed E-state index contributed by atoms with van der Waals surface area (Å²) in [5.74, 6) is 0.524. The summed E-state index contributed by atoms with van der Waals surface area (Å²) in [5, 5.41) is 4.04. The molecule has 2 aromatic rings. The standard InChI is InChI=1S/C17H18ClN3O4/c1-20(10-13-5-6-19-25-13)17(23)11-7-16(22)21(9-11)12-3-4-15(24-2)14(18)8-12/h3-6,8,11H,7,9-10H2,1-2H3/t11-/m0/s1. The second-order valence-corrected chi connectivity index (χ2v) is 6.30. The fourth-order valence-electron chi connectivity index (χ4n) is 2.89. The molecule has 0 spiro atoms. The first-order valence-electron chi connectivity index (χ1n) is 7.78. The molecule has 0 aliphatic carbocycles. The van der Waals surface area contributed by atoms with Crippen molar-refractivity contribution in [3.05, 3.63) is 41.2 Å². The quantitative estimate of drug-likeness (QED) is 0.815. The average Bonchev–Trinajstić information content (AvgIpc) is 3.23. The van der Waals surface area contributed by atoms with Crippen LogP contribution in [0.2, 0.25) is 5.02 Å². The summed E-state index contributed by atoms with van der Waals surface area (Å²) in [6, 6.07) is 6.84. The molecule has 1 aliphatic heterocycles. The lowest BCUT2D eigenvalue weighted by Crippen LogP contribution is -2.34. The molecule has 1 saturated heterocycles. The molecule has 25 heavy (non-hydrogen) atoms. The third-order valence-electron chi connectivity index (χ3n) is 4.18. The van der Waals surface area contributed by atoms with Gasteiger partial charge < -0.3 is 19.1 Å². The van der Waals surface area contributed by atoms with Gasteiger partial charge in [0, 0.05) is 31.8 Å². The molecule has 1 aromatic heterocycles. The maximum Gasteiger partial charge on any atom is 0.228 e. The van der Waals surface area contributed by atoms with E-state index in [2.05, 4.69) is 5.16 Å². The molecule has 0 radical (unpaired) electrons. The molecular formula is C17H18ClN3O4. The van der Waals surface area contributed by atoms with Crippen molar-refractivity contribution in [2.75, 3.05) is 25.6 Å². The number of carbonyl (C=O) groups is 2. The molecule has 7 nitrogen and oxygen atoms in total. The van der Waals surface area contributed by atoms with E-state index in [9.17, 15) is 9.59 Å². The van der Waals surface area contributed by atoms with Gasteiger partial charge in [0.1, 0.15) is 5.75 Å². The van der Waals surface area contributed by atoms with Gasteiger partial charge in [-0.05, 0) is 18.2 Å². The maximum atomic E-state index is 12.6. The van der Waals surface area contributed by atoms with Gasteiger partial charge in [0.25, 0.3) is 0 Å². The lowest BCUT2D eigenvalue weighted by Gasteiger charge is -2.21. The van der Waals surface area contributed by atoms with Gasteiger partial charge in [-0.2, -0.15) is 0 Å². The number of methoxy groups -OCH3 is 1. The Hall–Kier alpha value is -2.54. The predicted octanol–water partition coefficient (Wildman–Crippen LogP) is 2.35. The minimum absolute atomic E-state index is 0.104. The Bertz CT molecular complexity index is 778. The first kappa shape index (κ1) is 17.3. The highest BCUT2D eigenvalue weighted by molar-refractivity contribution is 6.32. The van der Waals surface area contributed by atoms with Crippen LogP contribution in [0.3, 0.4) is 0 Å².